The SMILES string of the molecule is CCC1CCN(CCOCCC(C)C)CCCN1. The predicted octanol–water partition coefficient (Wildman–Crippen LogP) is 2.51. The number of hydrogen-bond donors (Lipinski definition) is 1. The van der Waals surface area contributed by atoms with E-state index in [0.717, 1.165) is 31.7 Å². The second kappa shape index (κ2) is 9.76. The van der Waals surface area contributed by atoms with E-state index in [0.29, 0.717) is 0 Å². The largest absolute Gasteiger partial charge is 0.380 e. The van der Waals surface area contributed by atoms with Gasteiger partial charge in [-0.15, -0.1) is 0 Å². The summed E-state index contributed by atoms with van der Waals surface area (Å²) in [4.78, 5) is 2.57. The maximum Gasteiger partial charge on any atom is 0.0593 e. The predicted molar refractivity (Wildman–Crippen MR) is 78.0 cm³/mol. The van der Waals surface area contributed by atoms with Crippen molar-refractivity contribution in [2.75, 3.05) is 39.4 Å². The molecule has 1 atom stereocenters. The highest BCUT2D eigenvalue weighted by atomic mass is 16.5. The minimum Gasteiger partial charge on any atom is -0.380 e. The summed E-state index contributed by atoms with van der Waals surface area (Å²) in [5, 5.41) is 3.62. The van der Waals surface area contributed by atoms with Gasteiger partial charge in [0.05, 0.1) is 6.61 Å². The molecule has 1 aliphatic rings. The van der Waals surface area contributed by atoms with Gasteiger partial charge in [-0.3, -0.25) is 0 Å². The Hall–Kier alpha value is -0.120. The Morgan fingerprint density at radius 3 is 2.83 bits per heavy atom. The molecule has 1 N–H and O–H groups in total. The fraction of sp³-hybridized carbons (Fsp3) is 1.00. The Morgan fingerprint density at radius 2 is 2.11 bits per heavy atom. The second-order valence-electron chi connectivity index (χ2n) is 5.84. The second-order valence-corrected chi connectivity index (χ2v) is 5.84. The van der Waals surface area contributed by atoms with Gasteiger partial charge in [0, 0.05) is 19.2 Å². The van der Waals surface area contributed by atoms with E-state index in [4.69, 9.17) is 4.74 Å². The summed E-state index contributed by atoms with van der Waals surface area (Å²) < 4.78 is 5.72. The van der Waals surface area contributed by atoms with Crippen LogP contribution in [0.1, 0.15) is 46.5 Å². The maximum atomic E-state index is 5.72. The minimum atomic E-state index is 0.717. The molecule has 1 unspecified atom stereocenters. The van der Waals surface area contributed by atoms with Crippen molar-refractivity contribution in [3.8, 4) is 0 Å². The number of hydrogen-bond acceptors (Lipinski definition) is 3. The molecule has 1 aliphatic heterocycles. The van der Waals surface area contributed by atoms with Gasteiger partial charge >= 0.3 is 0 Å². The fourth-order valence-corrected chi connectivity index (χ4v) is 2.35. The molecule has 1 rings (SSSR count). The fourth-order valence-electron chi connectivity index (χ4n) is 2.35. The zero-order valence-electron chi connectivity index (χ0n) is 12.6. The number of rotatable bonds is 7. The highest BCUT2D eigenvalue weighted by molar-refractivity contribution is 4.72. The molecule has 18 heavy (non-hydrogen) atoms. The quantitative estimate of drug-likeness (QED) is 0.708. The number of nitrogens with zero attached hydrogens (tertiary/aromatic N) is 1. The zero-order valence-corrected chi connectivity index (χ0v) is 12.6. The minimum absolute atomic E-state index is 0.717. The first-order valence-electron chi connectivity index (χ1n) is 7.75. The molecule has 3 nitrogen and oxygen atoms in total. The van der Waals surface area contributed by atoms with Crippen LogP contribution >= 0.6 is 0 Å². The lowest BCUT2D eigenvalue weighted by atomic mass is 10.1. The lowest BCUT2D eigenvalue weighted by Gasteiger charge is -2.28. The van der Waals surface area contributed by atoms with Crippen LogP contribution in [-0.4, -0.2) is 50.3 Å². The lowest BCUT2D eigenvalue weighted by Crippen LogP contribution is -2.40. The van der Waals surface area contributed by atoms with Crippen LogP contribution in [0, 0.1) is 5.92 Å². The molecule has 0 bridgehead atoms. The third-order valence-corrected chi connectivity index (χ3v) is 3.76. The number of nitrogens with one attached hydrogen (secondary N) is 1. The highest BCUT2D eigenvalue weighted by Crippen LogP contribution is 2.05. The average molecular weight is 256 g/mol. The van der Waals surface area contributed by atoms with E-state index in [1.54, 1.807) is 0 Å². The molecule has 1 fully saturated rings. The topological polar surface area (TPSA) is 24.5 Å². The summed E-state index contributed by atoms with van der Waals surface area (Å²) >= 11 is 0. The molecule has 1 heterocycles. The van der Waals surface area contributed by atoms with Crippen LogP contribution in [0.15, 0.2) is 0 Å². The van der Waals surface area contributed by atoms with Crippen molar-refractivity contribution in [1.82, 2.24) is 10.2 Å². The Morgan fingerprint density at radius 1 is 1.28 bits per heavy atom. The van der Waals surface area contributed by atoms with Crippen molar-refractivity contribution >= 4 is 0 Å². The third-order valence-electron chi connectivity index (χ3n) is 3.76. The maximum absolute atomic E-state index is 5.72. The first kappa shape index (κ1) is 15.9. The Kier molecular flexibility index (Phi) is 8.64. The van der Waals surface area contributed by atoms with E-state index < -0.39 is 0 Å². The third kappa shape index (κ3) is 7.34. The van der Waals surface area contributed by atoms with Gasteiger partial charge in [-0.2, -0.15) is 0 Å². The molecule has 0 radical (unpaired) electrons. The van der Waals surface area contributed by atoms with Gasteiger partial charge < -0.3 is 15.0 Å². The summed E-state index contributed by atoms with van der Waals surface area (Å²) in [6, 6.07) is 0.717. The van der Waals surface area contributed by atoms with E-state index in [1.165, 1.54) is 45.3 Å². The number of ether oxygens (including phenoxy) is 1. The van der Waals surface area contributed by atoms with E-state index in [2.05, 4.69) is 31.0 Å². The normalized spacial score (nSPS) is 23.0. The summed E-state index contributed by atoms with van der Waals surface area (Å²) in [6.45, 7) is 13.3. The summed E-state index contributed by atoms with van der Waals surface area (Å²) in [5.41, 5.74) is 0. The van der Waals surface area contributed by atoms with E-state index in [1.807, 2.05) is 0 Å². The van der Waals surface area contributed by atoms with Crippen LogP contribution in [0.5, 0.6) is 0 Å². The molecule has 108 valence electrons. The molecule has 0 amide bonds. The smallest absolute Gasteiger partial charge is 0.0593 e. The molecule has 1 saturated heterocycles. The zero-order chi connectivity index (χ0) is 13.2. The lowest BCUT2D eigenvalue weighted by molar-refractivity contribution is 0.0920. The molecule has 0 spiro atoms. The molecular formula is C15H32N2O. The van der Waals surface area contributed by atoms with Crippen LogP contribution in [0.2, 0.25) is 0 Å². The molecule has 0 aromatic rings. The van der Waals surface area contributed by atoms with Gasteiger partial charge in [0.2, 0.25) is 0 Å². The van der Waals surface area contributed by atoms with Crippen LogP contribution in [0.25, 0.3) is 0 Å². The van der Waals surface area contributed by atoms with Crippen molar-refractivity contribution in [3.05, 3.63) is 0 Å². The van der Waals surface area contributed by atoms with Crippen LogP contribution in [-0.2, 0) is 4.74 Å². The highest BCUT2D eigenvalue weighted by Gasteiger charge is 2.13. The van der Waals surface area contributed by atoms with Crippen molar-refractivity contribution in [2.45, 2.75) is 52.5 Å². The van der Waals surface area contributed by atoms with E-state index in [-0.39, 0.29) is 0 Å². The van der Waals surface area contributed by atoms with Crippen LogP contribution < -0.4 is 5.32 Å². The molecular weight excluding hydrogens is 224 g/mol. The molecule has 0 saturated carbocycles. The standard InChI is InChI=1S/C15H32N2O/c1-4-15-6-10-17(9-5-8-16-15)11-13-18-12-7-14(2)3/h14-16H,4-13H2,1-3H3. The van der Waals surface area contributed by atoms with E-state index in [9.17, 15) is 0 Å². The molecule has 0 aromatic carbocycles. The summed E-state index contributed by atoms with van der Waals surface area (Å²) in [6.07, 6.45) is 4.98. The molecule has 3 heteroatoms. The summed E-state index contributed by atoms with van der Waals surface area (Å²) in [7, 11) is 0. The molecule has 0 aromatic heterocycles. The Labute approximate surface area is 113 Å². The first-order valence-corrected chi connectivity index (χ1v) is 7.75. The average Bonchev–Trinajstić information content (AvgIpc) is 2.31. The van der Waals surface area contributed by atoms with Gasteiger partial charge in [-0.05, 0) is 51.2 Å². The van der Waals surface area contributed by atoms with Crippen molar-refractivity contribution in [3.63, 3.8) is 0 Å². The Bertz CT molecular complexity index is 197. The molecule has 0 aliphatic carbocycles. The van der Waals surface area contributed by atoms with Crippen LogP contribution in [0.3, 0.4) is 0 Å². The van der Waals surface area contributed by atoms with E-state index >= 15 is 0 Å². The van der Waals surface area contributed by atoms with Crippen molar-refractivity contribution in [1.29, 1.82) is 0 Å². The monoisotopic (exact) mass is 256 g/mol. The van der Waals surface area contributed by atoms with Crippen molar-refractivity contribution < 1.29 is 4.74 Å². The Balaban J connectivity index is 2.08. The van der Waals surface area contributed by atoms with Gasteiger partial charge in [0.15, 0.2) is 0 Å². The van der Waals surface area contributed by atoms with Gasteiger partial charge in [0.25, 0.3) is 0 Å². The van der Waals surface area contributed by atoms with Crippen LogP contribution in [0.4, 0.5) is 0 Å². The van der Waals surface area contributed by atoms with Crippen molar-refractivity contribution in [2.24, 2.45) is 5.92 Å². The summed E-state index contributed by atoms with van der Waals surface area (Å²) in [5.74, 6) is 0.753. The first-order chi connectivity index (χ1) is 8.72. The van der Waals surface area contributed by atoms with Gasteiger partial charge in [-0.1, -0.05) is 20.8 Å². The van der Waals surface area contributed by atoms with Gasteiger partial charge in [-0.25, -0.2) is 0 Å². The van der Waals surface area contributed by atoms with Gasteiger partial charge in [0.1, 0.15) is 0 Å².